The SMILES string of the molecule is NC(=O)[C@H](CC(=O)/C=C\C=O)NC(=O)CNC(=O)c1c2ccccc2nc2ccccc12. The molecule has 9 heteroatoms. The summed E-state index contributed by atoms with van der Waals surface area (Å²) in [5, 5.41) is 6.12. The minimum Gasteiger partial charge on any atom is -0.368 e. The average Bonchev–Trinajstić information content (AvgIpc) is 2.79. The number of nitrogens with zero attached hydrogens (tertiary/aromatic N) is 1. The van der Waals surface area contributed by atoms with Crippen LogP contribution in [0, 0.1) is 0 Å². The van der Waals surface area contributed by atoms with Crippen LogP contribution in [-0.2, 0) is 19.2 Å². The van der Waals surface area contributed by atoms with Crippen molar-refractivity contribution in [3.05, 3.63) is 66.2 Å². The van der Waals surface area contributed by atoms with Crippen molar-refractivity contribution in [2.75, 3.05) is 6.54 Å². The molecular formula is C23H20N4O5. The van der Waals surface area contributed by atoms with Crippen molar-refractivity contribution in [1.29, 1.82) is 0 Å². The number of pyridine rings is 1. The molecular weight excluding hydrogens is 412 g/mol. The first-order valence-corrected chi connectivity index (χ1v) is 9.69. The van der Waals surface area contributed by atoms with Gasteiger partial charge in [-0.2, -0.15) is 0 Å². The van der Waals surface area contributed by atoms with Crippen LogP contribution in [0.25, 0.3) is 21.8 Å². The van der Waals surface area contributed by atoms with Gasteiger partial charge in [-0.15, -0.1) is 0 Å². The fourth-order valence-electron chi connectivity index (χ4n) is 3.22. The van der Waals surface area contributed by atoms with Gasteiger partial charge in [-0.05, 0) is 24.3 Å². The van der Waals surface area contributed by atoms with E-state index in [1.807, 2.05) is 12.1 Å². The molecule has 9 nitrogen and oxygen atoms in total. The molecule has 0 saturated heterocycles. The number of hydrogen-bond donors (Lipinski definition) is 3. The number of rotatable bonds is 9. The summed E-state index contributed by atoms with van der Waals surface area (Å²) in [6.07, 6.45) is 1.97. The molecule has 32 heavy (non-hydrogen) atoms. The zero-order chi connectivity index (χ0) is 23.1. The highest BCUT2D eigenvalue weighted by Gasteiger charge is 2.22. The molecule has 0 bridgehead atoms. The van der Waals surface area contributed by atoms with Crippen LogP contribution in [-0.4, -0.2) is 47.4 Å². The Morgan fingerprint density at radius 3 is 2.12 bits per heavy atom. The van der Waals surface area contributed by atoms with Gasteiger partial charge in [-0.1, -0.05) is 36.4 Å². The number of benzene rings is 2. The summed E-state index contributed by atoms with van der Waals surface area (Å²) in [6, 6.07) is 13.1. The number of carbonyl (C=O) groups excluding carboxylic acids is 5. The molecule has 0 aliphatic carbocycles. The lowest BCUT2D eigenvalue weighted by atomic mass is 10.0. The van der Waals surface area contributed by atoms with E-state index in [-0.39, 0.29) is 0 Å². The van der Waals surface area contributed by atoms with Crippen molar-refractivity contribution in [3.63, 3.8) is 0 Å². The van der Waals surface area contributed by atoms with Crippen LogP contribution in [0.5, 0.6) is 0 Å². The maximum atomic E-state index is 13.0. The van der Waals surface area contributed by atoms with Crippen LogP contribution in [0.1, 0.15) is 16.8 Å². The maximum absolute atomic E-state index is 13.0. The summed E-state index contributed by atoms with van der Waals surface area (Å²) in [4.78, 5) is 63.4. The second-order valence-electron chi connectivity index (χ2n) is 6.89. The first-order valence-electron chi connectivity index (χ1n) is 9.69. The maximum Gasteiger partial charge on any atom is 0.253 e. The van der Waals surface area contributed by atoms with Crippen molar-refractivity contribution in [3.8, 4) is 0 Å². The van der Waals surface area contributed by atoms with Crippen LogP contribution in [0.3, 0.4) is 0 Å². The smallest absolute Gasteiger partial charge is 0.253 e. The highest BCUT2D eigenvalue weighted by atomic mass is 16.2. The summed E-state index contributed by atoms with van der Waals surface area (Å²) in [5.41, 5.74) is 6.89. The lowest BCUT2D eigenvalue weighted by molar-refractivity contribution is -0.128. The number of aldehydes is 1. The van der Waals surface area contributed by atoms with E-state index in [4.69, 9.17) is 5.73 Å². The van der Waals surface area contributed by atoms with Crippen molar-refractivity contribution in [2.24, 2.45) is 5.73 Å². The van der Waals surface area contributed by atoms with E-state index in [0.717, 1.165) is 12.2 Å². The van der Waals surface area contributed by atoms with Crippen LogP contribution in [0.2, 0.25) is 0 Å². The van der Waals surface area contributed by atoms with Gasteiger partial charge in [0.15, 0.2) is 5.78 Å². The summed E-state index contributed by atoms with van der Waals surface area (Å²) in [5.74, 6) is -2.66. The first kappa shape index (κ1) is 22.3. The lowest BCUT2D eigenvalue weighted by Crippen LogP contribution is -2.48. The Bertz CT molecular complexity index is 1200. The highest BCUT2D eigenvalue weighted by molar-refractivity contribution is 6.16. The van der Waals surface area contributed by atoms with Crippen molar-refractivity contribution in [2.45, 2.75) is 12.5 Å². The third-order valence-electron chi connectivity index (χ3n) is 4.67. The molecule has 3 amide bonds. The van der Waals surface area contributed by atoms with E-state index in [1.165, 1.54) is 0 Å². The van der Waals surface area contributed by atoms with Gasteiger partial charge in [0.25, 0.3) is 5.91 Å². The Kier molecular flexibility index (Phi) is 7.02. The van der Waals surface area contributed by atoms with Crippen LogP contribution >= 0.6 is 0 Å². The molecule has 4 N–H and O–H groups in total. The molecule has 1 aromatic heterocycles. The number of fused-ring (bicyclic) bond motifs is 2. The normalized spacial score (nSPS) is 11.9. The molecule has 3 aromatic rings. The van der Waals surface area contributed by atoms with Gasteiger partial charge >= 0.3 is 0 Å². The molecule has 1 atom stereocenters. The van der Waals surface area contributed by atoms with Crippen LogP contribution < -0.4 is 16.4 Å². The number of nitrogens with two attached hydrogens (primary N) is 1. The molecule has 0 saturated carbocycles. The van der Waals surface area contributed by atoms with Crippen molar-refractivity contribution in [1.82, 2.24) is 15.6 Å². The van der Waals surface area contributed by atoms with Gasteiger partial charge in [0.1, 0.15) is 12.3 Å². The Morgan fingerprint density at radius 1 is 0.969 bits per heavy atom. The number of allylic oxidation sites excluding steroid dienone is 2. The Hall–Kier alpha value is -4.40. The van der Waals surface area contributed by atoms with Gasteiger partial charge in [0.2, 0.25) is 11.8 Å². The van der Waals surface area contributed by atoms with Gasteiger partial charge in [0, 0.05) is 17.2 Å². The topological polar surface area (TPSA) is 148 Å². The van der Waals surface area contributed by atoms with Gasteiger partial charge in [-0.25, -0.2) is 4.98 Å². The van der Waals surface area contributed by atoms with E-state index in [9.17, 15) is 24.0 Å². The zero-order valence-electron chi connectivity index (χ0n) is 16.9. The zero-order valence-corrected chi connectivity index (χ0v) is 16.9. The number of nitrogens with one attached hydrogen (secondary N) is 2. The molecule has 0 aliphatic rings. The number of amides is 3. The van der Waals surface area contributed by atoms with Gasteiger partial charge in [0.05, 0.1) is 23.1 Å². The molecule has 0 aliphatic heterocycles. The Balaban J connectivity index is 1.75. The van der Waals surface area contributed by atoms with Crippen LogP contribution in [0.4, 0.5) is 0 Å². The van der Waals surface area contributed by atoms with E-state index in [0.29, 0.717) is 33.7 Å². The Morgan fingerprint density at radius 2 is 1.56 bits per heavy atom. The summed E-state index contributed by atoms with van der Waals surface area (Å²) >= 11 is 0. The lowest BCUT2D eigenvalue weighted by Gasteiger charge is -2.15. The molecule has 162 valence electrons. The monoisotopic (exact) mass is 432 g/mol. The van der Waals surface area contributed by atoms with E-state index in [1.54, 1.807) is 36.4 Å². The fourth-order valence-corrected chi connectivity index (χ4v) is 3.22. The summed E-state index contributed by atoms with van der Waals surface area (Å²) < 4.78 is 0. The molecule has 0 spiro atoms. The summed E-state index contributed by atoms with van der Waals surface area (Å²) in [7, 11) is 0. The minimum atomic E-state index is -1.27. The number of para-hydroxylation sites is 2. The predicted molar refractivity (Wildman–Crippen MR) is 118 cm³/mol. The molecule has 3 rings (SSSR count). The number of hydrogen-bond acceptors (Lipinski definition) is 6. The predicted octanol–water partition coefficient (Wildman–Crippen LogP) is 0.802. The van der Waals surface area contributed by atoms with Crippen molar-refractivity contribution >= 4 is 51.6 Å². The van der Waals surface area contributed by atoms with E-state index in [2.05, 4.69) is 15.6 Å². The minimum absolute atomic E-state index is 0.375. The quantitative estimate of drug-likeness (QED) is 0.259. The van der Waals surface area contributed by atoms with E-state index >= 15 is 0 Å². The highest BCUT2D eigenvalue weighted by Crippen LogP contribution is 2.25. The third-order valence-corrected chi connectivity index (χ3v) is 4.67. The second-order valence-corrected chi connectivity index (χ2v) is 6.89. The third kappa shape index (κ3) is 5.20. The largest absolute Gasteiger partial charge is 0.368 e. The second kappa shape index (κ2) is 10.1. The van der Waals surface area contributed by atoms with Gasteiger partial charge < -0.3 is 16.4 Å². The number of aromatic nitrogens is 1. The number of ketones is 1. The molecule has 0 radical (unpaired) electrons. The fraction of sp³-hybridized carbons (Fsp3) is 0.130. The molecule has 1 heterocycles. The number of carbonyl (C=O) groups is 5. The number of primary amides is 1. The van der Waals surface area contributed by atoms with E-state index < -0.39 is 42.5 Å². The molecule has 2 aromatic carbocycles. The summed E-state index contributed by atoms with van der Waals surface area (Å²) in [6.45, 7) is -0.439. The molecule has 0 fully saturated rings. The van der Waals surface area contributed by atoms with Gasteiger partial charge in [-0.3, -0.25) is 24.0 Å². The van der Waals surface area contributed by atoms with Crippen molar-refractivity contribution < 1.29 is 24.0 Å². The average molecular weight is 432 g/mol. The molecule has 0 unspecified atom stereocenters. The standard InChI is InChI=1S/C23H20N4O5/c24-22(31)19(12-14(29)6-5-11-28)27-20(30)13-25-23(32)21-15-7-1-3-9-17(15)26-18-10-4-2-8-16(18)21/h1-11,19H,12-13H2,(H2,24,31)(H,25,32)(H,27,30)/b6-5-/t19-/m0/s1. The first-order chi connectivity index (χ1) is 15.4. The Labute approximate surface area is 182 Å². The van der Waals surface area contributed by atoms with Crippen LogP contribution in [0.15, 0.2) is 60.7 Å².